The maximum absolute atomic E-state index is 13.9. The highest BCUT2D eigenvalue weighted by Gasteiger charge is 2.41. The predicted octanol–water partition coefficient (Wildman–Crippen LogP) is 8.91. The topological polar surface area (TPSA) is 181 Å². The average Bonchev–Trinajstić information content (AvgIpc) is 4.20. The van der Waals surface area contributed by atoms with Crippen molar-refractivity contribution in [3.8, 4) is 0 Å². The second kappa shape index (κ2) is 19.7. The number of alkyl carbamates (subject to hydrolysis) is 2. The number of aromatic nitrogens is 4. The number of piperidine rings is 1. The highest BCUT2D eigenvalue weighted by Crippen LogP contribution is 2.49. The summed E-state index contributed by atoms with van der Waals surface area (Å²) in [5, 5.41) is 5.51. The summed E-state index contributed by atoms with van der Waals surface area (Å²) in [6, 6.07) is 18.3. The number of carbonyl (C=O) groups is 4. The van der Waals surface area contributed by atoms with Crippen molar-refractivity contribution >= 4 is 57.4 Å². The molecule has 9 rings (SSSR count). The van der Waals surface area contributed by atoms with Crippen molar-refractivity contribution < 1.29 is 28.7 Å². The molecule has 2 aromatic heterocycles. The second-order valence-electron chi connectivity index (χ2n) is 19.9. The number of ether oxygens (including phenoxy) is 2. The molecule has 68 heavy (non-hydrogen) atoms. The van der Waals surface area contributed by atoms with Crippen LogP contribution in [-0.2, 0) is 19.1 Å². The Hall–Kier alpha value is -6.32. The first-order chi connectivity index (χ1) is 32.8. The summed E-state index contributed by atoms with van der Waals surface area (Å²) in [6.07, 6.45) is 7.57. The van der Waals surface area contributed by atoms with Crippen LogP contribution in [0, 0.1) is 18.8 Å². The van der Waals surface area contributed by atoms with E-state index in [0.717, 1.165) is 85.3 Å². The van der Waals surface area contributed by atoms with E-state index in [4.69, 9.17) is 19.4 Å². The van der Waals surface area contributed by atoms with Crippen LogP contribution < -0.4 is 20.4 Å². The Balaban J connectivity index is 1.02. The summed E-state index contributed by atoms with van der Waals surface area (Å²) in [5.41, 5.74) is 9.67. The molecular weight excluding hydrogens is 861 g/mol. The molecular formula is C52H68N10O6. The Kier molecular flexibility index (Phi) is 13.6. The molecule has 16 heteroatoms. The number of aromatic amines is 2. The highest BCUT2D eigenvalue weighted by atomic mass is 16.5. The molecule has 362 valence electrons. The molecule has 4 aliphatic rings. The van der Waals surface area contributed by atoms with E-state index < -0.39 is 24.3 Å². The lowest BCUT2D eigenvalue weighted by Gasteiger charge is -2.35. The SMILES string of the molecule is COC(=O)N[C@H](C(=O)N1CCC[C@H]1c1nc2ccc([C@H]3CC[C@H](c4ccc5nc([C@@H]6CCCN6C(=O)[C@@H](NC(=O)OC)C(C)C)[nH]c5c4)N3c3ccc(N4CCCCC4)c(C)c3)cc2[nH]1)C(C)C. The number of aryl methyl sites for hydroxylation is 1. The lowest BCUT2D eigenvalue weighted by atomic mass is 10.0. The molecule has 0 spiro atoms. The minimum absolute atomic E-state index is 0.0655. The van der Waals surface area contributed by atoms with Crippen molar-refractivity contribution in [1.82, 2.24) is 40.4 Å². The van der Waals surface area contributed by atoms with Crippen molar-refractivity contribution in [2.45, 2.75) is 129 Å². The Morgan fingerprint density at radius 2 is 1.09 bits per heavy atom. The van der Waals surface area contributed by atoms with Gasteiger partial charge in [0.15, 0.2) is 0 Å². The summed E-state index contributed by atoms with van der Waals surface area (Å²) in [4.78, 5) is 78.5. The highest BCUT2D eigenvalue weighted by molar-refractivity contribution is 5.88. The standard InChI is InChI=1S/C52H68N10O6/c1-30(2)45(57-51(65)67-6)49(63)60-25-11-13-43(60)47-53-36-18-15-33(28-38(36)55-47)41-21-22-42(62(41)35-17-20-40(32(5)27-35)59-23-9-8-10-24-59)34-16-19-37-39(29-34)56-48(54-37)44-14-12-26-61(44)50(64)46(31(3)4)58-52(66)68-7/h15-20,27-31,41-46H,8-14,21-26H2,1-7H3,(H,53,55)(H,54,56)(H,57,65)(H,58,66)/t41-,42-,43+,44+,45+,46+/m1/s1. The minimum atomic E-state index is -0.705. The van der Waals surface area contributed by atoms with Gasteiger partial charge in [-0.15, -0.1) is 0 Å². The van der Waals surface area contributed by atoms with Gasteiger partial charge in [-0.05, 0) is 136 Å². The number of anilines is 2. The average molecular weight is 929 g/mol. The summed E-state index contributed by atoms with van der Waals surface area (Å²) in [7, 11) is 2.61. The number of hydrogen-bond acceptors (Lipinski definition) is 10. The second-order valence-corrected chi connectivity index (χ2v) is 19.9. The van der Waals surface area contributed by atoms with Crippen LogP contribution >= 0.6 is 0 Å². The molecule has 6 heterocycles. The quantitative estimate of drug-likeness (QED) is 0.0944. The molecule has 4 N–H and O–H groups in total. The summed E-state index contributed by atoms with van der Waals surface area (Å²) >= 11 is 0. The first-order valence-electron chi connectivity index (χ1n) is 24.8. The van der Waals surface area contributed by atoms with Crippen LogP contribution in [0.15, 0.2) is 54.6 Å². The largest absolute Gasteiger partial charge is 0.453 e. The molecule has 5 aromatic rings. The van der Waals surface area contributed by atoms with E-state index >= 15 is 0 Å². The van der Waals surface area contributed by atoms with Gasteiger partial charge < -0.3 is 49.7 Å². The summed E-state index contributed by atoms with van der Waals surface area (Å²) < 4.78 is 9.70. The number of fused-ring (bicyclic) bond motifs is 2. The van der Waals surface area contributed by atoms with E-state index in [9.17, 15) is 19.2 Å². The third kappa shape index (κ3) is 9.17. The van der Waals surface area contributed by atoms with Crippen molar-refractivity contribution in [2.24, 2.45) is 11.8 Å². The number of carbonyl (C=O) groups excluding carboxylic acids is 4. The third-order valence-electron chi connectivity index (χ3n) is 14.9. The molecule has 3 aromatic carbocycles. The van der Waals surface area contributed by atoms with Crippen LogP contribution in [-0.4, -0.2) is 106 Å². The number of H-pyrrole nitrogens is 2. The van der Waals surface area contributed by atoms with E-state index in [-0.39, 0.29) is 47.8 Å². The zero-order valence-electron chi connectivity index (χ0n) is 40.6. The van der Waals surface area contributed by atoms with Gasteiger partial charge in [-0.2, -0.15) is 0 Å². The number of rotatable bonds is 12. The minimum Gasteiger partial charge on any atom is -0.453 e. The van der Waals surface area contributed by atoms with Gasteiger partial charge in [0.05, 0.1) is 60.5 Å². The molecule has 4 saturated heterocycles. The van der Waals surface area contributed by atoms with Crippen LogP contribution in [0.3, 0.4) is 0 Å². The lowest BCUT2D eigenvalue weighted by Crippen LogP contribution is -2.51. The predicted molar refractivity (Wildman–Crippen MR) is 262 cm³/mol. The number of imidazole rings is 2. The number of nitrogens with zero attached hydrogens (tertiary/aromatic N) is 6. The van der Waals surface area contributed by atoms with Crippen molar-refractivity contribution in [1.29, 1.82) is 0 Å². The van der Waals surface area contributed by atoms with E-state index in [2.05, 4.69) is 91.9 Å². The monoisotopic (exact) mass is 929 g/mol. The third-order valence-corrected chi connectivity index (χ3v) is 14.9. The molecule has 0 aliphatic carbocycles. The normalized spacial score (nSPS) is 21.8. The molecule has 4 aliphatic heterocycles. The van der Waals surface area contributed by atoms with Gasteiger partial charge in [-0.3, -0.25) is 9.59 Å². The Labute approximate surface area is 398 Å². The van der Waals surface area contributed by atoms with Gasteiger partial charge in [0.25, 0.3) is 0 Å². The first-order valence-corrected chi connectivity index (χ1v) is 24.8. The molecule has 0 saturated carbocycles. The maximum Gasteiger partial charge on any atom is 0.407 e. The fourth-order valence-electron chi connectivity index (χ4n) is 11.3. The molecule has 6 atom stereocenters. The van der Waals surface area contributed by atoms with Gasteiger partial charge >= 0.3 is 12.2 Å². The number of amides is 4. The number of hydrogen-bond donors (Lipinski definition) is 4. The van der Waals surface area contributed by atoms with Gasteiger partial charge in [0, 0.05) is 37.6 Å². The van der Waals surface area contributed by atoms with Crippen LogP contribution in [0.2, 0.25) is 0 Å². The molecule has 4 fully saturated rings. The zero-order chi connectivity index (χ0) is 47.8. The number of likely N-dealkylation sites (tertiary alicyclic amines) is 2. The Morgan fingerprint density at radius 1 is 0.603 bits per heavy atom. The number of methoxy groups -OCH3 is 2. The first kappa shape index (κ1) is 46.8. The number of nitrogens with one attached hydrogen (secondary N) is 4. The van der Waals surface area contributed by atoms with E-state index in [1.165, 1.54) is 61.5 Å². The fraction of sp³-hybridized carbons (Fsp3) is 0.538. The fourth-order valence-corrected chi connectivity index (χ4v) is 11.3. The molecule has 0 bridgehead atoms. The van der Waals surface area contributed by atoms with E-state index in [1.807, 2.05) is 37.5 Å². The molecule has 0 unspecified atom stereocenters. The van der Waals surface area contributed by atoms with Gasteiger partial charge in [0.2, 0.25) is 11.8 Å². The molecule has 0 radical (unpaired) electrons. The van der Waals surface area contributed by atoms with Gasteiger partial charge in [-0.25, -0.2) is 19.6 Å². The van der Waals surface area contributed by atoms with Crippen LogP contribution in [0.4, 0.5) is 21.0 Å². The van der Waals surface area contributed by atoms with Crippen molar-refractivity contribution in [3.63, 3.8) is 0 Å². The van der Waals surface area contributed by atoms with E-state index in [1.54, 1.807) is 0 Å². The molecule has 4 amide bonds. The lowest BCUT2D eigenvalue weighted by molar-refractivity contribution is -0.136. The summed E-state index contributed by atoms with van der Waals surface area (Å²) in [5.74, 6) is 1.00. The number of benzene rings is 3. The Bertz CT molecular complexity index is 2510. The van der Waals surface area contributed by atoms with Crippen LogP contribution in [0.5, 0.6) is 0 Å². The van der Waals surface area contributed by atoms with E-state index in [0.29, 0.717) is 13.1 Å². The Morgan fingerprint density at radius 3 is 1.53 bits per heavy atom. The summed E-state index contributed by atoms with van der Waals surface area (Å²) in [6.45, 7) is 13.3. The maximum atomic E-state index is 13.9. The zero-order valence-corrected chi connectivity index (χ0v) is 40.6. The smallest absolute Gasteiger partial charge is 0.407 e. The van der Waals surface area contributed by atoms with Crippen LogP contribution in [0.25, 0.3) is 22.1 Å². The van der Waals surface area contributed by atoms with Crippen molar-refractivity contribution in [2.75, 3.05) is 50.2 Å². The molecule has 16 nitrogen and oxygen atoms in total. The van der Waals surface area contributed by atoms with Gasteiger partial charge in [-0.1, -0.05) is 39.8 Å². The van der Waals surface area contributed by atoms with Crippen LogP contribution in [0.1, 0.15) is 138 Å². The van der Waals surface area contributed by atoms with Gasteiger partial charge in [0.1, 0.15) is 23.7 Å². The van der Waals surface area contributed by atoms with Crippen molar-refractivity contribution in [3.05, 3.63) is 82.9 Å².